The van der Waals surface area contributed by atoms with Gasteiger partial charge in [0.1, 0.15) is 5.75 Å². The van der Waals surface area contributed by atoms with E-state index in [1.165, 1.54) is 5.56 Å². The Kier molecular flexibility index (Phi) is 5.17. The molecule has 1 unspecified atom stereocenters. The van der Waals surface area contributed by atoms with Crippen molar-refractivity contribution in [3.8, 4) is 5.75 Å². The fourth-order valence-electron chi connectivity index (χ4n) is 2.32. The number of nitrogens with one attached hydrogen (secondary N) is 1. The van der Waals surface area contributed by atoms with E-state index in [2.05, 4.69) is 40.4 Å². The molecule has 0 bridgehead atoms. The summed E-state index contributed by atoms with van der Waals surface area (Å²) in [5.41, 5.74) is 6.26. The van der Waals surface area contributed by atoms with Crippen LogP contribution in [0.25, 0.3) is 0 Å². The summed E-state index contributed by atoms with van der Waals surface area (Å²) in [4.78, 5) is 0. The number of halogens is 1. The molecule has 0 amide bonds. The first-order valence-electron chi connectivity index (χ1n) is 6.61. The Bertz CT molecular complexity index is 586. The predicted octanol–water partition coefficient (Wildman–Crippen LogP) is 3.71. The van der Waals surface area contributed by atoms with Crippen LogP contribution in [-0.2, 0) is 0 Å². The third-order valence-corrected chi connectivity index (χ3v) is 3.73. The summed E-state index contributed by atoms with van der Waals surface area (Å²) < 4.78 is 6.76. The van der Waals surface area contributed by atoms with Gasteiger partial charge in [0, 0.05) is 10.0 Å². The molecular weight excluding hydrogens is 316 g/mol. The number of nitrogens with two attached hydrogens (primary N) is 1. The highest BCUT2D eigenvalue weighted by Crippen LogP contribution is 2.32. The zero-order chi connectivity index (χ0) is 14.5. The standard InChI is InChI=1S/C16H19BrN2O/c1-3-20-15-7-5-4-6-14(15)16(19-18)13-9-8-12(17)10-11(13)2/h4-10,16,19H,3,18H2,1-2H3. The van der Waals surface area contributed by atoms with Crippen molar-refractivity contribution in [1.82, 2.24) is 5.43 Å². The number of rotatable bonds is 5. The highest BCUT2D eigenvalue weighted by Gasteiger charge is 2.18. The van der Waals surface area contributed by atoms with Gasteiger partial charge in [-0.1, -0.05) is 40.2 Å². The van der Waals surface area contributed by atoms with Crippen molar-refractivity contribution >= 4 is 15.9 Å². The lowest BCUT2D eigenvalue weighted by Crippen LogP contribution is -2.29. The number of para-hydroxylation sites is 1. The minimum atomic E-state index is -0.0918. The average molecular weight is 335 g/mol. The molecule has 0 aliphatic rings. The zero-order valence-corrected chi connectivity index (χ0v) is 13.3. The molecule has 2 aromatic carbocycles. The molecule has 2 rings (SSSR count). The highest BCUT2D eigenvalue weighted by molar-refractivity contribution is 9.10. The number of aryl methyl sites for hydroxylation is 1. The van der Waals surface area contributed by atoms with Gasteiger partial charge >= 0.3 is 0 Å². The quantitative estimate of drug-likeness (QED) is 0.647. The van der Waals surface area contributed by atoms with Gasteiger partial charge in [0.15, 0.2) is 0 Å². The molecule has 20 heavy (non-hydrogen) atoms. The lowest BCUT2D eigenvalue weighted by atomic mass is 9.95. The lowest BCUT2D eigenvalue weighted by molar-refractivity contribution is 0.333. The van der Waals surface area contributed by atoms with E-state index >= 15 is 0 Å². The van der Waals surface area contributed by atoms with E-state index in [0.717, 1.165) is 21.3 Å². The topological polar surface area (TPSA) is 47.3 Å². The van der Waals surface area contributed by atoms with Gasteiger partial charge in [-0.2, -0.15) is 0 Å². The second kappa shape index (κ2) is 6.88. The Labute approximate surface area is 128 Å². The van der Waals surface area contributed by atoms with Crippen LogP contribution in [0.1, 0.15) is 29.7 Å². The molecule has 106 valence electrons. The normalized spacial score (nSPS) is 12.2. The van der Waals surface area contributed by atoms with E-state index in [1.807, 2.05) is 37.3 Å². The Morgan fingerprint density at radius 1 is 1.20 bits per heavy atom. The van der Waals surface area contributed by atoms with Crippen LogP contribution in [-0.4, -0.2) is 6.61 Å². The first-order chi connectivity index (χ1) is 9.67. The molecule has 0 saturated heterocycles. The van der Waals surface area contributed by atoms with Crippen LogP contribution in [0.5, 0.6) is 5.75 Å². The SMILES string of the molecule is CCOc1ccccc1C(NN)c1ccc(Br)cc1C. The second-order valence-electron chi connectivity index (χ2n) is 4.57. The van der Waals surface area contributed by atoms with Crippen LogP contribution in [0.4, 0.5) is 0 Å². The Hall–Kier alpha value is -1.36. The molecule has 4 heteroatoms. The summed E-state index contributed by atoms with van der Waals surface area (Å²) >= 11 is 3.49. The van der Waals surface area contributed by atoms with E-state index in [0.29, 0.717) is 6.61 Å². The first kappa shape index (κ1) is 15.0. The second-order valence-corrected chi connectivity index (χ2v) is 5.49. The molecule has 0 radical (unpaired) electrons. The van der Waals surface area contributed by atoms with Crippen molar-refractivity contribution in [2.24, 2.45) is 5.84 Å². The summed E-state index contributed by atoms with van der Waals surface area (Å²) in [6, 6.07) is 14.1. The fraction of sp³-hybridized carbons (Fsp3) is 0.250. The molecule has 0 heterocycles. The maximum Gasteiger partial charge on any atom is 0.124 e. The third kappa shape index (κ3) is 3.20. The van der Waals surface area contributed by atoms with Gasteiger partial charge in [-0.3, -0.25) is 5.84 Å². The van der Waals surface area contributed by atoms with Gasteiger partial charge in [-0.05, 0) is 43.2 Å². The van der Waals surface area contributed by atoms with Crippen LogP contribution in [0.15, 0.2) is 46.9 Å². The molecule has 3 nitrogen and oxygen atoms in total. The molecule has 0 aliphatic heterocycles. The molecule has 3 N–H and O–H groups in total. The van der Waals surface area contributed by atoms with E-state index in [-0.39, 0.29) is 6.04 Å². The monoisotopic (exact) mass is 334 g/mol. The summed E-state index contributed by atoms with van der Waals surface area (Å²) in [5, 5.41) is 0. The summed E-state index contributed by atoms with van der Waals surface area (Å²) in [6.07, 6.45) is 0. The molecule has 0 aromatic heterocycles. The van der Waals surface area contributed by atoms with E-state index in [4.69, 9.17) is 10.6 Å². The van der Waals surface area contributed by atoms with Crippen molar-refractivity contribution < 1.29 is 4.74 Å². The van der Waals surface area contributed by atoms with Crippen molar-refractivity contribution in [3.63, 3.8) is 0 Å². The lowest BCUT2D eigenvalue weighted by Gasteiger charge is -2.22. The van der Waals surface area contributed by atoms with Gasteiger partial charge in [-0.25, -0.2) is 5.43 Å². The minimum absolute atomic E-state index is 0.0918. The van der Waals surface area contributed by atoms with E-state index in [9.17, 15) is 0 Å². The van der Waals surface area contributed by atoms with Crippen LogP contribution < -0.4 is 16.0 Å². The molecule has 0 fully saturated rings. The van der Waals surface area contributed by atoms with E-state index < -0.39 is 0 Å². The van der Waals surface area contributed by atoms with Gasteiger partial charge in [-0.15, -0.1) is 0 Å². The summed E-state index contributed by atoms with van der Waals surface area (Å²) in [5.74, 6) is 6.65. The zero-order valence-electron chi connectivity index (χ0n) is 11.7. The summed E-state index contributed by atoms with van der Waals surface area (Å²) in [7, 11) is 0. The maximum absolute atomic E-state index is 5.79. The number of hydrogen-bond acceptors (Lipinski definition) is 3. The number of hydrazine groups is 1. The van der Waals surface area contributed by atoms with Gasteiger partial charge < -0.3 is 4.74 Å². The number of hydrogen-bond donors (Lipinski definition) is 2. The van der Waals surface area contributed by atoms with Crippen molar-refractivity contribution in [2.75, 3.05) is 6.61 Å². The smallest absolute Gasteiger partial charge is 0.124 e. The largest absolute Gasteiger partial charge is 0.494 e. The molecule has 1 atom stereocenters. The third-order valence-electron chi connectivity index (χ3n) is 3.24. The first-order valence-corrected chi connectivity index (χ1v) is 7.40. The van der Waals surface area contributed by atoms with Crippen LogP contribution in [0, 0.1) is 6.92 Å². The number of ether oxygens (including phenoxy) is 1. The van der Waals surface area contributed by atoms with Gasteiger partial charge in [0.25, 0.3) is 0 Å². The van der Waals surface area contributed by atoms with Crippen LogP contribution in [0.2, 0.25) is 0 Å². The molecule has 0 aliphatic carbocycles. The van der Waals surface area contributed by atoms with Crippen LogP contribution in [0.3, 0.4) is 0 Å². The average Bonchev–Trinajstić information content (AvgIpc) is 2.44. The number of benzene rings is 2. The highest BCUT2D eigenvalue weighted by atomic mass is 79.9. The summed E-state index contributed by atoms with van der Waals surface area (Å²) in [6.45, 7) is 4.69. The van der Waals surface area contributed by atoms with Crippen LogP contribution >= 0.6 is 15.9 Å². The molecule has 2 aromatic rings. The maximum atomic E-state index is 5.79. The fourth-order valence-corrected chi connectivity index (χ4v) is 2.79. The minimum Gasteiger partial charge on any atom is -0.494 e. The van der Waals surface area contributed by atoms with Gasteiger partial charge in [0.05, 0.1) is 12.6 Å². The van der Waals surface area contributed by atoms with Crippen molar-refractivity contribution in [2.45, 2.75) is 19.9 Å². The van der Waals surface area contributed by atoms with Crippen molar-refractivity contribution in [1.29, 1.82) is 0 Å². The van der Waals surface area contributed by atoms with Crippen molar-refractivity contribution in [3.05, 3.63) is 63.6 Å². The Morgan fingerprint density at radius 3 is 2.60 bits per heavy atom. The van der Waals surface area contributed by atoms with E-state index in [1.54, 1.807) is 0 Å². The molecular formula is C16H19BrN2O. The Morgan fingerprint density at radius 2 is 1.95 bits per heavy atom. The molecule has 0 spiro atoms. The molecule has 0 saturated carbocycles. The van der Waals surface area contributed by atoms with Gasteiger partial charge in [0.2, 0.25) is 0 Å². The predicted molar refractivity (Wildman–Crippen MR) is 85.7 cm³/mol. The Balaban J connectivity index is 2.47.